The third-order valence-electron chi connectivity index (χ3n) is 3.72. The van der Waals surface area contributed by atoms with Crippen LogP contribution in [0.2, 0.25) is 0 Å². The summed E-state index contributed by atoms with van der Waals surface area (Å²) in [6, 6.07) is 5.02. The zero-order chi connectivity index (χ0) is 18.7. The SMILES string of the molecule is Cn1c(C(=O)N[C@@H](CC(=O)O)c2ccc(F)cc2)cc(=O)n(C)c1=O. The summed E-state index contributed by atoms with van der Waals surface area (Å²) >= 11 is 0. The molecule has 132 valence electrons. The number of carboxylic acid groups (broad SMARTS) is 1. The highest BCUT2D eigenvalue weighted by molar-refractivity contribution is 5.93. The zero-order valence-corrected chi connectivity index (χ0v) is 13.5. The first kappa shape index (κ1) is 18.1. The highest BCUT2D eigenvalue weighted by Crippen LogP contribution is 2.18. The fraction of sp³-hybridized carbons (Fsp3) is 0.250. The van der Waals surface area contributed by atoms with E-state index in [4.69, 9.17) is 5.11 Å². The third-order valence-corrected chi connectivity index (χ3v) is 3.72. The smallest absolute Gasteiger partial charge is 0.331 e. The van der Waals surface area contributed by atoms with Gasteiger partial charge >= 0.3 is 11.7 Å². The monoisotopic (exact) mass is 349 g/mol. The largest absolute Gasteiger partial charge is 0.481 e. The van der Waals surface area contributed by atoms with Crippen LogP contribution in [0.4, 0.5) is 4.39 Å². The molecule has 0 aliphatic heterocycles. The van der Waals surface area contributed by atoms with Crippen LogP contribution >= 0.6 is 0 Å². The third kappa shape index (κ3) is 4.00. The van der Waals surface area contributed by atoms with Crippen molar-refractivity contribution < 1.29 is 19.1 Å². The van der Waals surface area contributed by atoms with Gasteiger partial charge in [-0.1, -0.05) is 12.1 Å². The average Bonchev–Trinajstić information content (AvgIpc) is 2.55. The summed E-state index contributed by atoms with van der Waals surface area (Å²) in [6.07, 6.45) is -0.448. The number of halogens is 1. The van der Waals surface area contributed by atoms with Crippen molar-refractivity contribution in [3.05, 3.63) is 68.2 Å². The van der Waals surface area contributed by atoms with E-state index in [0.29, 0.717) is 5.56 Å². The zero-order valence-electron chi connectivity index (χ0n) is 13.5. The predicted molar refractivity (Wildman–Crippen MR) is 85.8 cm³/mol. The highest BCUT2D eigenvalue weighted by atomic mass is 19.1. The molecule has 9 heteroatoms. The van der Waals surface area contributed by atoms with Gasteiger partial charge in [0, 0.05) is 20.2 Å². The molecule has 2 N–H and O–H groups in total. The van der Waals surface area contributed by atoms with Crippen molar-refractivity contribution in [3.63, 3.8) is 0 Å². The molecule has 1 aromatic heterocycles. The molecule has 0 aliphatic rings. The van der Waals surface area contributed by atoms with Crippen molar-refractivity contribution in [2.75, 3.05) is 0 Å². The van der Waals surface area contributed by atoms with Crippen LogP contribution in [0, 0.1) is 5.82 Å². The summed E-state index contributed by atoms with van der Waals surface area (Å²) < 4.78 is 14.9. The predicted octanol–water partition coefficient (Wildman–Crippen LogP) is 0.169. The quantitative estimate of drug-likeness (QED) is 0.799. The first-order valence-electron chi connectivity index (χ1n) is 7.26. The van der Waals surface area contributed by atoms with E-state index in [2.05, 4.69) is 5.32 Å². The molecule has 2 rings (SSSR count). The van der Waals surface area contributed by atoms with Gasteiger partial charge in [0.25, 0.3) is 11.5 Å². The van der Waals surface area contributed by atoms with Crippen LogP contribution in [-0.4, -0.2) is 26.1 Å². The Hall–Kier alpha value is -3.23. The second-order valence-corrected chi connectivity index (χ2v) is 5.44. The minimum atomic E-state index is -1.17. The average molecular weight is 349 g/mol. The summed E-state index contributed by atoms with van der Waals surface area (Å²) in [5, 5.41) is 11.5. The molecular weight excluding hydrogens is 333 g/mol. The Morgan fingerprint density at radius 2 is 1.76 bits per heavy atom. The van der Waals surface area contributed by atoms with E-state index in [9.17, 15) is 23.6 Å². The van der Waals surface area contributed by atoms with E-state index in [0.717, 1.165) is 27.3 Å². The molecule has 1 aromatic carbocycles. The number of carbonyl (C=O) groups excluding carboxylic acids is 1. The van der Waals surface area contributed by atoms with E-state index in [1.54, 1.807) is 0 Å². The van der Waals surface area contributed by atoms with Gasteiger partial charge in [-0.05, 0) is 17.7 Å². The maximum absolute atomic E-state index is 13.0. The lowest BCUT2D eigenvalue weighted by Gasteiger charge is -2.18. The second-order valence-electron chi connectivity index (χ2n) is 5.44. The summed E-state index contributed by atoms with van der Waals surface area (Å²) in [5.74, 6) is -2.46. The Labute approximate surface area is 141 Å². The number of aliphatic carboxylic acids is 1. The Morgan fingerprint density at radius 1 is 1.16 bits per heavy atom. The second kappa shape index (κ2) is 7.12. The summed E-state index contributed by atoms with van der Waals surface area (Å²) in [7, 11) is 2.60. The fourth-order valence-corrected chi connectivity index (χ4v) is 2.30. The summed E-state index contributed by atoms with van der Waals surface area (Å²) in [4.78, 5) is 47.1. The van der Waals surface area contributed by atoms with Crippen LogP contribution in [-0.2, 0) is 18.9 Å². The highest BCUT2D eigenvalue weighted by Gasteiger charge is 2.21. The first-order valence-corrected chi connectivity index (χ1v) is 7.26. The molecule has 25 heavy (non-hydrogen) atoms. The van der Waals surface area contributed by atoms with Crippen LogP contribution in [0.15, 0.2) is 39.9 Å². The normalized spacial score (nSPS) is 11.8. The molecule has 0 radical (unpaired) electrons. The lowest BCUT2D eigenvalue weighted by molar-refractivity contribution is -0.137. The summed E-state index contributed by atoms with van der Waals surface area (Å²) in [5.41, 5.74) is -1.17. The molecule has 8 nitrogen and oxygen atoms in total. The van der Waals surface area contributed by atoms with E-state index >= 15 is 0 Å². The molecule has 0 bridgehead atoms. The molecule has 0 spiro atoms. The number of benzene rings is 1. The standard InChI is InChI=1S/C16H16FN3O5/c1-19-12(8-13(21)20(2)16(19)25)15(24)18-11(7-14(22)23)9-3-5-10(17)6-4-9/h3-6,8,11H,7H2,1-2H3,(H,18,24)(H,22,23)/t11-/m0/s1. The van der Waals surface area contributed by atoms with Crippen molar-refractivity contribution in [1.29, 1.82) is 0 Å². The van der Waals surface area contributed by atoms with E-state index in [1.165, 1.54) is 26.2 Å². The molecule has 0 saturated carbocycles. The number of hydrogen-bond acceptors (Lipinski definition) is 4. The van der Waals surface area contributed by atoms with Crippen LogP contribution in [0.25, 0.3) is 0 Å². The molecule has 1 amide bonds. The Morgan fingerprint density at radius 3 is 2.32 bits per heavy atom. The summed E-state index contributed by atoms with van der Waals surface area (Å²) in [6.45, 7) is 0. The number of rotatable bonds is 5. The van der Waals surface area contributed by atoms with Crippen molar-refractivity contribution in [3.8, 4) is 0 Å². The fourth-order valence-electron chi connectivity index (χ4n) is 2.30. The molecule has 0 fully saturated rings. The van der Waals surface area contributed by atoms with E-state index in [-0.39, 0.29) is 5.69 Å². The van der Waals surface area contributed by atoms with Crippen LogP contribution in [0.5, 0.6) is 0 Å². The Kier molecular flexibility index (Phi) is 5.16. The molecule has 0 saturated heterocycles. The number of aromatic nitrogens is 2. The van der Waals surface area contributed by atoms with Gasteiger partial charge in [0.1, 0.15) is 11.5 Å². The minimum Gasteiger partial charge on any atom is -0.481 e. The van der Waals surface area contributed by atoms with Crippen molar-refractivity contribution in [1.82, 2.24) is 14.5 Å². The van der Waals surface area contributed by atoms with Crippen molar-refractivity contribution in [2.45, 2.75) is 12.5 Å². The van der Waals surface area contributed by atoms with Gasteiger partial charge in [-0.15, -0.1) is 0 Å². The number of amides is 1. The van der Waals surface area contributed by atoms with Gasteiger partial charge in [-0.25, -0.2) is 9.18 Å². The topological polar surface area (TPSA) is 110 Å². The first-order chi connectivity index (χ1) is 11.7. The van der Waals surface area contributed by atoms with Gasteiger partial charge < -0.3 is 10.4 Å². The van der Waals surface area contributed by atoms with Crippen molar-refractivity contribution in [2.24, 2.45) is 14.1 Å². The van der Waals surface area contributed by atoms with Gasteiger partial charge in [-0.3, -0.25) is 23.5 Å². The molecule has 2 aromatic rings. The van der Waals surface area contributed by atoms with E-state index in [1.807, 2.05) is 0 Å². The van der Waals surface area contributed by atoms with Gasteiger partial charge in [0.15, 0.2) is 0 Å². The molecular formula is C16H16FN3O5. The van der Waals surface area contributed by atoms with Gasteiger partial charge in [0.2, 0.25) is 0 Å². The Balaban J connectivity index is 2.38. The Bertz CT molecular complexity index is 930. The molecule has 1 heterocycles. The van der Waals surface area contributed by atoms with Crippen LogP contribution < -0.4 is 16.6 Å². The maximum atomic E-state index is 13.0. The lowest BCUT2D eigenvalue weighted by Crippen LogP contribution is -2.42. The minimum absolute atomic E-state index is 0.203. The van der Waals surface area contributed by atoms with Crippen molar-refractivity contribution >= 4 is 11.9 Å². The van der Waals surface area contributed by atoms with Gasteiger partial charge in [0.05, 0.1) is 12.5 Å². The number of carbonyl (C=O) groups is 2. The van der Waals surface area contributed by atoms with E-state index < -0.39 is 41.4 Å². The number of hydrogen-bond donors (Lipinski definition) is 2. The maximum Gasteiger partial charge on any atom is 0.331 e. The molecule has 0 aliphatic carbocycles. The molecule has 0 unspecified atom stereocenters. The lowest BCUT2D eigenvalue weighted by atomic mass is 10.0. The van der Waals surface area contributed by atoms with Crippen LogP contribution in [0.3, 0.4) is 0 Å². The van der Waals surface area contributed by atoms with Gasteiger partial charge in [-0.2, -0.15) is 0 Å². The molecule has 1 atom stereocenters. The number of nitrogens with zero attached hydrogens (tertiary/aromatic N) is 2. The number of carboxylic acids is 1. The number of nitrogens with one attached hydrogen (secondary N) is 1. The van der Waals surface area contributed by atoms with Crippen LogP contribution in [0.1, 0.15) is 28.5 Å².